The van der Waals surface area contributed by atoms with E-state index >= 15 is 0 Å². The van der Waals surface area contributed by atoms with Crippen LogP contribution >= 0.6 is 0 Å². The molecule has 2 aromatic heterocycles. The monoisotopic (exact) mass is 253 g/mol. The van der Waals surface area contributed by atoms with Gasteiger partial charge in [-0.3, -0.25) is 9.67 Å². The molecule has 1 aromatic carbocycles. The third kappa shape index (κ3) is 2.06. The molecule has 2 heterocycles. The third-order valence-electron chi connectivity index (χ3n) is 2.97. The van der Waals surface area contributed by atoms with E-state index in [0.717, 1.165) is 16.5 Å². The number of pyridine rings is 1. The molecule has 0 radical (unpaired) electrons. The molecule has 5 heteroatoms. The smallest absolute Gasteiger partial charge is 0.354 e. The third-order valence-corrected chi connectivity index (χ3v) is 2.97. The molecule has 0 saturated heterocycles. The van der Waals surface area contributed by atoms with Crippen LogP contribution in [0.3, 0.4) is 0 Å². The molecule has 1 N–H and O–H groups in total. The number of carbonyl (C=O) groups is 1. The number of rotatable bonds is 3. The molecule has 0 aliphatic heterocycles. The van der Waals surface area contributed by atoms with Gasteiger partial charge in [0.05, 0.1) is 12.1 Å². The maximum absolute atomic E-state index is 11.1. The number of aromatic nitrogens is 3. The molecule has 0 atom stereocenters. The first-order chi connectivity index (χ1) is 9.25. The van der Waals surface area contributed by atoms with Crippen LogP contribution < -0.4 is 0 Å². The quantitative estimate of drug-likeness (QED) is 0.776. The predicted octanol–water partition coefficient (Wildman–Crippen LogP) is 2.18. The van der Waals surface area contributed by atoms with Crippen molar-refractivity contribution in [1.29, 1.82) is 0 Å². The van der Waals surface area contributed by atoms with E-state index in [4.69, 9.17) is 5.11 Å². The van der Waals surface area contributed by atoms with Gasteiger partial charge in [-0.2, -0.15) is 5.10 Å². The zero-order valence-corrected chi connectivity index (χ0v) is 10.0. The van der Waals surface area contributed by atoms with Gasteiger partial charge in [-0.1, -0.05) is 24.3 Å². The van der Waals surface area contributed by atoms with E-state index in [1.54, 1.807) is 6.20 Å². The van der Waals surface area contributed by atoms with Gasteiger partial charge in [0.15, 0.2) is 0 Å². The molecule has 0 saturated carbocycles. The largest absolute Gasteiger partial charge is 0.477 e. The standard InChI is InChI=1S/C14H11N3O2/c18-14(19)12-6-8-16-17(12)9-11-4-1-3-10-5-2-7-15-13(10)11/h1-8H,9H2,(H,18,19). The number of nitrogens with zero attached hydrogens (tertiary/aromatic N) is 3. The van der Waals surface area contributed by atoms with Gasteiger partial charge in [0.2, 0.25) is 0 Å². The highest BCUT2D eigenvalue weighted by molar-refractivity contribution is 5.86. The molecule has 0 aliphatic rings. The van der Waals surface area contributed by atoms with Crippen LogP contribution in [0.25, 0.3) is 10.9 Å². The Morgan fingerprint density at radius 2 is 2.00 bits per heavy atom. The summed E-state index contributed by atoms with van der Waals surface area (Å²) in [4.78, 5) is 15.4. The second-order valence-corrected chi connectivity index (χ2v) is 4.17. The Hall–Kier alpha value is -2.69. The van der Waals surface area contributed by atoms with Gasteiger partial charge in [0.1, 0.15) is 5.69 Å². The fourth-order valence-corrected chi connectivity index (χ4v) is 2.10. The van der Waals surface area contributed by atoms with E-state index < -0.39 is 5.97 Å². The fraction of sp³-hybridized carbons (Fsp3) is 0.0714. The lowest BCUT2D eigenvalue weighted by Crippen LogP contribution is -2.11. The van der Waals surface area contributed by atoms with Gasteiger partial charge >= 0.3 is 5.97 Å². The topological polar surface area (TPSA) is 68.0 Å². The number of aromatic carboxylic acids is 1. The van der Waals surface area contributed by atoms with Gasteiger partial charge in [-0.05, 0) is 17.7 Å². The normalized spacial score (nSPS) is 10.7. The van der Waals surface area contributed by atoms with Crippen LogP contribution in [0.4, 0.5) is 0 Å². The number of para-hydroxylation sites is 1. The van der Waals surface area contributed by atoms with Crippen LogP contribution in [-0.2, 0) is 6.54 Å². The molecule has 0 bridgehead atoms. The molecule has 0 fully saturated rings. The summed E-state index contributed by atoms with van der Waals surface area (Å²) in [6.45, 7) is 0.392. The lowest BCUT2D eigenvalue weighted by atomic mass is 10.1. The molecule has 0 spiro atoms. The highest BCUT2D eigenvalue weighted by Gasteiger charge is 2.11. The molecule has 0 unspecified atom stereocenters. The molecule has 3 rings (SSSR count). The summed E-state index contributed by atoms with van der Waals surface area (Å²) in [7, 11) is 0. The number of benzene rings is 1. The van der Waals surface area contributed by atoms with Crippen LogP contribution in [-0.4, -0.2) is 25.8 Å². The minimum Gasteiger partial charge on any atom is -0.477 e. The van der Waals surface area contributed by atoms with Crippen molar-refractivity contribution in [3.05, 3.63) is 60.0 Å². The summed E-state index contributed by atoms with van der Waals surface area (Å²) in [6, 6.07) is 11.2. The van der Waals surface area contributed by atoms with Crippen LogP contribution in [0.2, 0.25) is 0 Å². The van der Waals surface area contributed by atoms with Crippen molar-refractivity contribution in [3.8, 4) is 0 Å². The van der Waals surface area contributed by atoms with Crippen molar-refractivity contribution < 1.29 is 9.90 Å². The molecule has 0 aliphatic carbocycles. The van der Waals surface area contributed by atoms with Crippen LogP contribution in [0, 0.1) is 0 Å². The number of carboxylic acid groups (broad SMARTS) is 1. The number of hydrogen-bond acceptors (Lipinski definition) is 3. The number of fused-ring (bicyclic) bond motifs is 1. The summed E-state index contributed by atoms with van der Waals surface area (Å²) in [5.41, 5.74) is 1.99. The van der Waals surface area contributed by atoms with Crippen molar-refractivity contribution in [3.63, 3.8) is 0 Å². The summed E-state index contributed by atoms with van der Waals surface area (Å²) in [5, 5.41) is 14.1. The Bertz CT molecular complexity index is 744. The van der Waals surface area contributed by atoms with Crippen molar-refractivity contribution in [2.75, 3.05) is 0 Å². The molecule has 3 aromatic rings. The lowest BCUT2D eigenvalue weighted by molar-refractivity contribution is 0.0684. The van der Waals surface area contributed by atoms with Crippen LogP contribution in [0.1, 0.15) is 16.1 Å². The van der Waals surface area contributed by atoms with E-state index in [2.05, 4.69) is 10.1 Å². The van der Waals surface area contributed by atoms with Crippen molar-refractivity contribution in [1.82, 2.24) is 14.8 Å². The van der Waals surface area contributed by atoms with Gasteiger partial charge in [0, 0.05) is 17.8 Å². The highest BCUT2D eigenvalue weighted by atomic mass is 16.4. The first-order valence-corrected chi connectivity index (χ1v) is 5.83. The van der Waals surface area contributed by atoms with Gasteiger partial charge in [-0.15, -0.1) is 0 Å². The average molecular weight is 253 g/mol. The van der Waals surface area contributed by atoms with E-state index in [9.17, 15) is 4.79 Å². The second-order valence-electron chi connectivity index (χ2n) is 4.17. The second kappa shape index (κ2) is 4.53. The number of carboxylic acids is 1. The lowest BCUT2D eigenvalue weighted by Gasteiger charge is -2.07. The predicted molar refractivity (Wildman–Crippen MR) is 70.0 cm³/mol. The Morgan fingerprint density at radius 1 is 1.16 bits per heavy atom. The summed E-state index contributed by atoms with van der Waals surface area (Å²) >= 11 is 0. The van der Waals surface area contributed by atoms with E-state index in [1.807, 2.05) is 30.3 Å². The molecule has 19 heavy (non-hydrogen) atoms. The van der Waals surface area contributed by atoms with Gasteiger partial charge < -0.3 is 5.11 Å². The maximum Gasteiger partial charge on any atom is 0.354 e. The summed E-state index contributed by atoms with van der Waals surface area (Å²) < 4.78 is 1.46. The molecule has 5 nitrogen and oxygen atoms in total. The zero-order chi connectivity index (χ0) is 13.2. The number of hydrogen-bond donors (Lipinski definition) is 1. The van der Waals surface area contributed by atoms with Crippen molar-refractivity contribution in [2.45, 2.75) is 6.54 Å². The van der Waals surface area contributed by atoms with E-state index in [-0.39, 0.29) is 5.69 Å². The molecule has 0 amide bonds. The minimum atomic E-state index is -0.981. The zero-order valence-electron chi connectivity index (χ0n) is 10.0. The highest BCUT2D eigenvalue weighted by Crippen LogP contribution is 2.17. The maximum atomic E-state index is 11.1. The Morgan fingerprint density at radius 3 is 2.84 bits per heavy atom. The van der Waals surface area contributed by atoms with Gasteiger partial charge in [-0.25, -0.2) is 4.79 Å². The Balaban J connectivity index is 2.06. The SMILES string of the molecule is O=C(O)c1ccnn1Cc1cccc2cccnc12. The molecular weight excluding hydrogens is 242 g/mol. The van der Waals surface area contributed by atoms with Crippen molar-refractivity contribution in [2.24, 2.45) is 0 Å². The van der Waals surface area contributed by atoms with E-state index in [0.29, 0.717) is 6.54 Å². The minimum absolute atomic E-state index is 0.174. The fourth-order valence-electron chi connectivity index (χ4n) is 2.10. The molecule has 94 valence electrons. The average Bonchev–Trinajstić information content (AvgIpc) is 2.87. The Kier molecular flexibility index (Phi) is 2.72. The van der Waals surface area contributed by atoms with Crippen molar-refractivity contribution >= 4 is 16.9 Å². The van der Waals surface area contributed by atoms with Crippen LogP contribution in [0.15, 0.2) is 48.8 Å². The van der Waals surface area contributed by atoms with Gasteiger partial charge in [0.25, 0.3) is 0 Å². The van der Waals surface area contributed by atoms with Crippen LogP contribution in [0.5, 0.6) is 0 Å². The van der Waals surface area contributed by atoms with E-state index in [1.165, 1.54) is 16.9 Å². The summed E-state index contributed by atoms with van der Waals surface area (Å²) in [5.74, 6) is -0.981. The Labute approximate surface area is 109 Å². The summed E-state index contributed by atoms with van der Waals surface area (Å²) in [6.07, 6.45) is 3.22. The first kappa shape index (κ1) is 11.4. The molecular formula is C14H11N3O2. The first-order valence-electron chi connectivity index (χ1n) is 5.83.